The van der Waals surface area contributed by atoms with E-state index in [1.165, 1.54) is 11.3 Å². The van der Waals surface area contributed by atoms with Gasteiger partial charge in [-0.05, 0) is 30.3 Å². The molecule has 4 nitrogen and oxygen atoms in total. The number of pyridine rings is 1. The number of hydrogen-bond donors (Lipinski definition) is 1. The molecule has 3 aromatic rings. The van der Waals surface area contributed by atoms with Gasteiger partial charge in [-0.2, -0.15) is 5.26 Å². The molecule has 2 heterocycles. The second-order valence-electron chi connectivity index (χ2n) is 3.65. The Morgan fingerprint density at radius 2 is 2.17 bits per heavy atom. The smallest absolute Gasteiger partial charge is 0.189 e. The summed E-state index contributed by atoms with van der Waals surface area (Å²) in [6.45, 7) is 0. The van der Waals surface area contributed by atoms with Gasteiger partial charge in [-0.1, -0.05) is 17.4 Å². The summed E-state index contributed by atoms with van der Waals surface area (Å²) in [7, 11) is 0. The SMILES string of the molecule is N#Cc1ccc2nc(Nc3ccccn3)sc2c1. The van der Waals surface area contributed by atoms with Gasteiger partial charge in [0, 0.05) is 6.20 Å². The number of thiazole rings is 1. The predicted octanol–water partition coefficient (Wildman–Crippen LogP) is 3.31. The molecule has 5 heteroatoms. The molecule has 86 valence electrons. The number of nitrogens with zero attached hydrogens (tertiary/aromatic N) is 3. The fraction of sp³-hybridized carbons (Fsp3) is 0. The fourth-order valence-electron chi connectivity index (χ4n) is 1.59. The topological polar surface area (TPSA) is 61.6 Å². The lowest BCUT2D eigenvalue weighted by atomic mass is 10.2. The second-order valence-corrected chi connectivity index (χ2v) is 4.68. The first-order valence-corrected chi connectivity index (χ1v) is 6.15. The molecule has 3 rings (SSSR count). The van der Waals surface area contributed by atoms with E-state index in [0.717, 1.165) is 21.2 Å². The van der Waals surface area contributed by atoms with Crippen molar-refractivity contribution in [3.05, 3.63) is 48.2 Å². The highest BCUT2D eigenvalue weighted by atomic mass is 32.1. The molecule has 0 saturated carbocycles. The summed E-state index contributed by atoms with van der Waals surface area (Å²) in [6, 6.07) is 13.3. The Hall–Kier alpha value is -2.45. The van der Waals surface area contributed by atoms with Crippen LogP contribution in [-0.2, 0) is 0 Å². The maximum Gasteiger partial charge on any atom is 0.189 e. The Balaban J connectivity index is 1.97. The normalized spacial score (nSPS) is 10.2. The second kappa shape index (κ2) is 4.43. The van der Waals surface area contributed by atoms with Crippen LogP contribution in [0.3, 0.4) is 0 Å². The van der Waals surface area contributed by atoms with E-state index in [1.54, 1.807) is 12.3 Å². The van der Waals surface area contributed by atoms with E-state index in [9.17, 15) is 0 Å². The van der Waals surface area contributed by atoms with Crippen LogP contribution in [0, 0.1) is 11.3 Å². The Morgan fingerprint density at radius 1 is 1.22 bits per heavy atom. The van der Waals surface area contributed by atoms with Crippen molar-refractivity contribution in [2.45, 2.75) is 0 Å². The van der Waals surface area contributed by atoms with Crippen molar-refractivity contribution in [2.24, 2.45) is 0 Å². The summed E-state index contributed by atoms with van der Waals surface area (Å²) in [6.07, 6.45) is 1.73. The van der Waals surface area contributed by atoms with E-state index >= 15 is 0 Å². The predicted molar refractivity (Wildman–Crippen MR) is 71.9 cm³/mol. The largest absolute Gasteiger partial charge is 0.316 e. The summed E-state index contributed by atoms with van der Waals surface area (Å²) < 4.78 is 0.993. The minimum absolute atomic E-state index is 0.649. The fourth-order valence-corrected chi connectivity index (χ4v) is 2.51. The number of benzene rings is 1. The average Bonchev–Trinajstić information content (AvgIpc) is 2.80. The minimum atomic E-state index is 0.649. The molecule has 0 aliphatic carbocycles. The summed E-state index contributed by atoms with van der Waals surface area (Å²) in [5, 5.41) is 12.8. The molecular weight excluding hydrogens is 244 g/mol. The molecule has 1 N–H and O–H groups in total. The van der Waals surface area contributed by atoms with E-state index in [-0.39, 0.29) is 0 Å². The monoisotopic (exact) mass is 252 g/mol. The van der Waals surface area contributed by atoms with Crippen LogP contribution in [0.25, 0.3) is 10.2 Å². The molecule has 0 radical (unpaired) electrons. The van der Waals surface area contributed by atoms with Gasteiger partial charge in [0.2, 0.25) is 0 Å². The summed E-state index contributed by atoms with van der Waals surface area (Å²) >= 11 is 1.51. The van der Waals surface area contributed by atoms with Crippen LogP contribution < -0.4 is 5.32 Å². The maximum atomic E-state index is 8.85. The number of rotatable bonds is 2. The Morgan fingerprint density at radius 3 is 2.94 bits per heavy atom. The molecule has 0 atom stereocenters. The van der Waals surface area contributed by atoms with E-state index in [0.29, 0.717) is 5.56 Å². The maximum absolute atomic E-state index is 8.85. The number of anilines is 2. The van der Waals surface area contributed by atoms with Crippen LogP contribution in [0.1, 0.15) is 5.56 Å². The van der Waals surface area contributed by atoms with Crippen molar-refractivity contribution in [1.29, 1.82) is 5.26 Å². The standard InChI is InChI=1S/C13H8N4S/c14-8-9-4-5-10-11(7-9)18-13(16-10)17-12-3-1-2-6-15-12/h1-7H,(H,15,16,17). The number of aromatic nitrogens is 2. The van der Waals surface area contributed by atoms with Gasteiger partial charge in [0.1, 0.15) is 5.82 Å². The third-order valence-electron chi connectivity index (χ3n) is 2.42. The van der Waals surface area contributed by atoms with Gasteiger partial charge in [-0.15, -0.1) is 0 Å². The molecule has 0 aliphatic heterocycles. The average molecular weight is 252 g/mol. The van der Waals surface area contributed by atoms with E-state index in [2.05, 4.69) is 21.4 Å². The van der Waals surface area contributed by atoms with Crippen LogP contribution in [0.4, 0.5) is 10.9 Å². The summed E-state index contributed by atoms with van der Waals surface area (Å²) in [5.74, 6) is 0.761. The van der Waals surface area contributed by atoms with Gasteiger partial charge in [-0.3, -0.25) is 0 Å². The van der Waals surface area contributed by atoms with E-state index in [1.807, 2.05) is 30.3 Å². The lowest BCUT2D eigenvalue weighted by Gasteiger charge is -1.98. The van der Waals surface area contributed by atoms with Gasteiger partial charge in [-0.25, -0.2) is 9.97 Å². The van der Waals surface area contributed by atoms with E-state index in [4.69, 9.17) is 5.26 Å². The molecule has 0 bridgehead atoms. The van der Waals surface area contributed by atoms with Gasteiger partial charge in [0.25, 0.3) is 0 Å². The highest BCUT2D eigenvalue weighted by molar-refractivity contribution is 7.22. The summed E-state index contributed by atoms with van der Waals surface area (Å²) in [5.41, 5.74) is 1.54. The van der Waals surface area contributed by atoms with Crippen LogP contribution in [0.2, 0.25) is 0 Å². The minimum Gasteiger partial charge on any atom is -0.316 e. The Kier molecular flexibility index (Phi) is 2.63. The third-order valence-corrected chi connectivity index (χ3v) is 3.35. The first-order chi connectivity index (χ1) is 8.85. The number of fused-ring (bicyclic) bond motifs is 1. The van der Waals surface area contributed by atoms with E-state index < -0.39 is 0 Å². The lowest BCUT2D eigenvalue weighted by molar-refractivity contribution is 1.30. The number of hydrogen-bond acceptors (Lipinski definition) is 5. The van der Waals surface area contributed by atoms with Crippen molar-refractivity contribution in [3.63, 3.8) is 0 Å². The molecular formula is C13H8N4S. The number of nitriles is 1. The van der Waals surface area contributed by atoms with Crippen molar-refractivity contribution in [1.82, 2.24) is 9.97 Å². The van der Waals surface area contributed by atoms with Gasteiger partial charge in [0.05, 0.1) is 21.8 Å². The molecule has 0 unspecified atom stereocenters. The van der Waals surface area contributed by atoms with Gasteiger partial charge in [0.15, 0.2) is 5.13 Å². The summed E-state index contributed by atoms with van der Waals surface area (Å²) in [4.78, 5) is 8.62. The van der Waals surface area contributed by atoms with Crippen LogP contribution in [-0.4, -0.2) is 9.97 Å². The van der Waals surface area contributed by atoms with Gasteiger partial charge < -0.3 is 5.32 Å². The van der Waals surface area contributed by atoms with Crippen molar-refractivity contribution >= 4 is 32.5 Å². The van der Waals surface area contributed by atoms with Crippen molar-refractivity contribution < 1.29 is 0 Å². The molecule has 1 aromatic carbocycles. The van der Waals surface area contributed by atoms with Crippen LogP contribution in [0.5, 0.6) is 0 Å². The van der Waals surface area contributed by atoms with Crippen LogP contribution >= 0.6 is 11.3 Å². The highest BCUT2D eigenvalue weighted by Crippen LogP contribution is 2.28. The molecule has 0 fully saturated rings. The lowest BCUT2D eigenvalue weighted by Crippen LogP contribution is -1.90. The van der Waals surface area contributed by atoms with Gasteiger partial charge >= 0.3 is 0 Å². The third kappa shape index (κ3) is 2.01. The van der Waals surface area contributed by atoms with Crippen molar-refractivity contribution in [3.8, 4) is 6.07 Å². The Bertz CT molecular complexity index is 728. The molecule has 2 aromatic heterocycles. The molecule has 0 spiro atoms. The zero-order valence-corrected chi connectivity index (χ0v) is 10.1. The molecule has 0 saturated heterocycles. The first-order valence-electron chi connectivity index (χ1n) is 5.34. The zero-order chi connectivity index (χ0) is 12.4. The quantitative estimate of drug-likeness (QED) is 0.760. The molecule has 0 amide bonds. The number of nitrogens with one attached hydrogen (secondary N) is 1. The zero-order valence-electron chi connectivity index (χ0n) is 9.29. The van der Waals surface area contributed by atoms with Crippen LogP contribution in [0.15, 0.2) is 42.6 Å². The first kappa shape index (κ1) is 10.7. The Labute approximate surface area is 108 Å². The molecule has 18 heavy (non-hydrogen) atoms. The highest BCUT2D eigenvalue weighted by Gasteiger charge is 2.05. The molecule has 0 aliphatic rings. The van der Waals surface area contributed by atoms with Crippen molar-refractivity contribution in [2.75, 3.05) is 5.32 Å².